The minimum Gasteiger partial charge on any atom is -0.344 e. The van der Waals surface area contributed by atoms with Crippen LogP contribution >= 0.6 is 0 Å². The van der Waals surface area contributed by atoms with E-state index < -0.39 is 23.3 Å². The molecule has 2 aliphatic rings. The number of nitrogens with zero attached hydrogens (tertiary/aromatic N) is 2. The Kier molecular flexibility index (Phi) is 9.26. The largest absolute Gasteiger partial charge is 0.344 e. The molecule has 0 unspecified atom stereocenters. The molecule has 2 saturated carbocycles. The van der Waals surface area contributed by atoms with Gasteiger partial charge in [0.1, 0.15) is 11.6 Å². The molecule has 0 spiro atoms. The zero-order valence-corrected chi connectivity index (χ0v) is 22.2. The molecule has 8 nitrogen and oxygen atoms in total. The molecule has 2 fully saturated rings. The van der Waals surface area contributed by atoms with Crippen LogP contribution in [0.15, 0.2) is 54.7 Å². The Morgan fingerprint density at radius 2 is 1.63 bits per heavy atom. The SMILES string of the molecule is CN(C(=O)C1CCCCCC1)C1(C(=O)N[C@H](Cc2ccccc2)C(=O)C(=O)NCc2ccccn2)CCC1. The second-order valence-corrected chi connectivity index (χ2v) is 10.6. The zero-order valence-electron chi connectivity index (χ0n) is 22.2. The first-order valence-electron chi connectivity index (χ1n) is 13.8. The molecule has 3 amide bonds. The van der Waals surface area contributed by atoms with Crippen molar-refractivity contribution in [2.24, 2.45) is 5.92 Å². The number of rotatable bonds is 10. The van der Waals surface area contributed by atoms with Crippen molar-refractivity contribution in [1.29, 1.82) is 0 Å². The highest BCUT2D eigenvalue weighted by atomic mass is 16.2. The van der Waals surface area contributed by atoms with Gasteiger partial charge in [-0.2, -0.15) is 0 Å². The summed E-state index contributed by atoms with van der Waals surface area (Å²) in [7, 11) is 1.72. The number of hydrogen-bond acceptors (Lipinski definition) is 5. The van der Waals surface area contributed by atoms with Crippen LogP contribution in [0.1, 0.15) is 69.0 Å². The van der Waals surface area contributed by atoms with Gasteiger partial charge in [0.2, 0.25) is 17.6 Å². The first-order valence-corrected chi connectivity index (χ1v) is 13.8. The molecule has 1 aromatic carbocycles. The fraction of sp³-hybridized carbons (Fsp3) is 0.500. The highest BCUT2D eigenvalue weighted by Gasteiger charge is 2.51. The molecule has 1 aromatic heterocycles. The predicted octanol–water partition coefficient (Wildman–Crippen LogP) is 3.35. The van der Waals surface area contributed by atoms with Crippen LogP contribution in [0.25, 0.3) is 0 Å². The van der Waals surface area contributed by atoms with Crippen molar-refractivity contribution in [2.45, 2.75) is 82.3 Å². The number of amides is 3. The number of likely N-dealkylation sites (N-methyl/N-ethyl adjacent to an activating group) is 1. The maximum absolute atomic E-state index is 13.8. The minimum absolute atomic E-state index is 0.0146. The van der Waals surface area contributed by atoms with Crippen LogP contribution < -0.4 is 10.6 Å². The van der Waals surface area contributed by atoms with Gasteiger partial charge in [-0.1, -0.05) is 62.1 Å². The highest BCUT2D eigenvalue weighted by Crippen LogP contribution is 2.39. The van der Waals surface area contributed by atoms with Gasteiger partial charge < -0.3 is 15.5 Å². The van der Waals surface area contributed by atoms with E-state index in [1.54, 1.807) is 36.3 Å². The third kappa shape index (κ3) is 6.47. The van der Waals surface area contributed by atoms with E-state index in [-0.39, 0.29) is 30.7 Å². The Hall–Kier alpha value is -3.55. The number of nitrogens with one attached hydrogen (secondary N) is 2. The molecule has 4 rings (SSSR count). The number of carbonyl (C=O) groups excluding carboxylic acids is 4. The molecule has 2 aliphatic carbocycles. The molecule has 1 heterocycles. The van der Waals surface area contributed by atoms with Gasteiger partial charge in [0.05, 0.1) is 12.2 Å². The van der Waals surface area contributed by atoms with Gasteiger partial charge in [-0.05, 0) is 49.8 Å². The summed E-state index contributed by atoms with van der Waals surface area (Å²) >= 11 is 0. The normalized spacial score (nSPS) is 17.8. The average molecular weight is 519 g/mol. The fourth-order valence-corrected chi connectivity index (χ4v) is 5.51. The summed E-state index contributed by atoms with van der Waals surface area (Å²) in [4.78, 5) is 59.1. The summed E-state index contributed by atoms with van der Waals surface area (Å²) in [6.07, 6.45) is 9.78. The number of carbonyl (C=O) groups is 4. The van der Waals surface area contributed by atoms with Crippen LogP contribution in [0, 0.1) is 5.92 Å². The standard InChI is InChI=1S/C30H38N4O4/c1-34(28(37)23-14-7-2-3-8-15-23)30(17-11-18-30)29(38)33-25(20-22-12-5-4-6-13-22)26(35)27(36)32-21-24-16-9-10-19-31-24/h4-6,9-10,12-13,16,19,23,25H,2-3,7-8,11,14-15,17-18,20-21H2,1H3,(H,32,36)(H,33,38)/t25-/m1/s1. The van der Waals surface area contributed by atoms with E-state index in [1.807, 2.05) is 30.3 Å². The lowest BCUT2D eigenvalue weighted by Gasteiger charge is -2.48. The van der Waals surface area contributed by atoms with E-state index >= 15 is 0 Å². The molecule has 202 valence electrons. The Morgan fingerprint density at radius 3 is 2.24 bits per heavy atom. The Morgan fingerprint density at radius 1 is 0.947 bits per heavy atom. The van der Waals surface area contributed by atoms with Crippen molar-refractivity contribution in [3.05, 3.63) is 66.0 Å². The van der Waals surface area contributed by atoms with Gasteiger partial charge >= 0.3 is 0 Å². The molecule has 38 heavy (non-hydrogen) atoms. The van der Waals surface area contributed by atoms with Crippen molar-refractivity contribution in [1.82, 2.24) is 20.5 Å². The van der Waals surface area contributed by atoms with Crippen LogP contribution in [0.3, 0.4) is 0 Å². The van der Waals surface area contributed by atoms with Gasteiger partial charge in [-0.25, -0.2) is 0 Å². The van der Waals surface area contributed by atoms with E-state index in [9.17, 15) is 19.2 Å². The highest BCUT2D eigenvalue weighted by molar-refractivity contribution is 6.38. The molecule has 0 saturated heterocycles. The topological polar surface area (TPSA) is 108 Å². The Bertz CT molecular complexity index is 1110. The lowest BCUT2D eigenvalue weighted by atomic mass is 9.73. The van der Waals surface area contributed by atoms with Gasteiger partial charge in [0, 0.05) is 25.6 Å². The van der Waals surface area contributed by atoms with E-state index in [1.165, 1.54) is 0 Å². The van der Waals surface area contributed by atoms with Crippen LogP contribution in [-0.2, 0) is 32.1 Å². The Labute approximate surface area is 224 Å². The second-order valence-electron chi connectivity index (χ2n) is 10.6. The molecule has 1 atom stereocenters. The number of Topliss-reactive ketones (excluding diaryl/α,β-unsaturated/α-hetero) is 1. The van der Waals surface area contributed by atoms with Gasteiger partial charge in [-0.3, -0.25) is 24.2 Å². The monoisotopic (exact) mass is 518 g/mol. The van der Waals surface area contributed by atoms with Gasteiger partial charge in [-0.15, -0.1) is 0 Å². The third-order valence-corrected chi connectivity index (χ3v) is 8.06. The van der Waals surface area contributed by atoms with Crippen LogP contribution in [0.5, 0.6) is 0 Å². The Balaban J connectivity index is 1.48. The summed E-state index contributed by atoms with van der Waals surface area (Å²) in [5, 5.41) is 5.51. The van der Waals surface area contributed by atoms with Crippen LogP contribution in [0.4, 0.5) is 0 Å². The molecular formula is C30H38N4O4. The number of ketones is 1. The predicted molar refractivity (Wildman–Crippen MR) is 144 cm³/mol. The summed E-state index contributed by atoms with van der Waals surface area (Å²) in [6, 6.07) is 13.6. The van der Waals surface area contributed by atoms with Gasteiger partial charge in [0.15, 0.2) is 0 Å². The molecule has 8 heteroatoms. The number of aromatic nitrogens is 1. The smallest absolute Gasteiger partial charge is 0.289 e. The number of pyridine rings is 1. The minimum atomic E-state index is -1.05. The fourth-order valence-electron chi connectivity index (χ4n) is 5.51. The molecule has 0 radical (unpaired) electrons. The second kappa shape index (κ2) is 12.8. The van der Waals surface area contributed by atoms with E-state index in [4.69, 9.17) is 0 Å². The van der Waals surface area contributed by atoms with E-state index in [0.29, 0.717) is 18.5 Å². The maximum atomic E-state index is 13.8. The van der Waals surface area contributed by atoms with Crippen molar-refractivity contribution in [3.63, 3.8) is 0 Å². The number of benzene rings is 1. The zero-order chi connectivity index (χ0) is 27.0. The average Bonchev–Trinajstić information content (AvgIpc) is 3.21. The van der Waals surface area contributed by atoms with Gasteiger partial charge in [0.25, 0.3) is 5.91 Å². The van der Waals surface area contributed by atoms with Crippen molar-refractivity contribution in [2.75, 3.05) is 7.05 Å². The lowest BCUT2D eigenvalue weighted by Crippen LogP contribution is -2.66. The number of hydrogen-bond donors (Lipinski definition) is 2. The molecule has 0 aliphatic heterocycles. The molecule has 2 N–H and O–H groups in total. The summed E-state index contributed by atoms with van der Waals surface area (Å²) in [5.41, 5.74) is 0.474. The summed E-state index contributed by atoms with van der Waals surface area (Å²) < 4.78 is 0. The van der Waals surface area contributed by atoms with Crippen molar-refractivity contribution in [3.8, 4) is 0 Å². The molecule has 0 bridgehead atoms. The quantitative estimate of drug-likeness (QED) is 0.370. The first-order chi connectivity index (χ1) is 18.4. The van der Waals surface area contributed by atoms with Crippen LogP contribution in [0.2, 0.25) is 0 Å². The first kappa shape index (κ1) is 27.5. The summed E-state index contributed by atoms with van der Waals surface area (Å²) in [6.45, 7) is 0.111. The lowest BCUT2D eigenvalue weighted by molar-refractivity contribution is -0.155. The van der Waals surface area contributed by atoms with E-state index in [2.05, 4.69) is 15.6 Å². The summed E-state index contributed by atoms with van der Waals surface area (Å²) in [5.74, 6) is -1.90. The van der Waals surface area contributed by atoms with E-state index in [0.717, 1.165) is 50.5 Å². The maximum Gasteiger partial charge on any atom is 0.289 e. The molecule has 2 aromatic rings. The van der Waals surface area contributed by atoms with Crippen LogP contribution in [-0.4, -0.2) is 52.0 Å². The molecular weight excluding hydrogens is 480 g/mol. The van der Waals surface area contributed by atoms with Crippen molar-refractivity contribution >= 4 is 23.5 Å². The van der Waals surface area contributed by atoms with Crippen molar-refractivity contribution < 1.29 is 19.2 Å². The third-order valence-electron chi connectivity index (χ3n) is 8.06.